The van der Waals surface area contributed by atoms with Crippen LogP contribution in [0.3, 0.4) is 0 Å². The Balaban J connectivity index is -0.000000105. The van der Waals surface area contributed by atoms with Gasteiger partial charge in [0.2, 0.25) is 0 Å². The van der Waals surface area contributed by atoms with E-state index < -0.39 is 13.3 Å². The summed E-state index contributed by atoms with van der Waals surface area (Å²) >= 11 is 0. The van der Waals surface area contributed by atoms with Gasteiger partial charge in [0, 0.05) is 5.97 Å². The molecule has 2 radical (unpaired) electrons. The predicted molar refractivity (Wildman–Crippen MR) is 44.1 cm³/mol. The molecule has 0 aliphatic rings. The van der Waals surface area contributed by atoms with Gasteiger partial charge in [0.25, 0.3) is 0 Å². The Morgan fingerprint density at radius 1 is 1.19 bits per heavy atom. The summed E-state index contributed by atoms with van der Waals surface area (Å²) in [6, 6.07) is 0. The first-order valence-corrected chi connectivity index (χ1v) is 4.63. The Morgan fingerprint density at radius 2 is 1.56 bits per heavy atom. The first-order valence-electron chi connectivity index (χ1n) is 4.63. The first-order chi connectivity index (χ1) is 6.45. The minimum absolute atomic E-state index is 0. The molecule has 8 heteroatoms. The van der Waals surface area contributed by atoms with Gasteiger partial charge in [-0.25, -0.2) is 0 Å². The number of carbonyl (C=O) groups is 1. The molecule has 98 valence electrons. The molecule has 1 atom stereocenters. The zero-order valence-corrected chi connectivity index (χ0v) is 11.3. The van der Waals surface area contributed by atoms with Crippen LogP contribution in [-0.4, -0.2) is 13.3 Å². The van der Waals surface area contributed by atoms with Crippen LogP contribution in [0.5, 0.6) is 0 Å². The Labute approximate surface area is 117 Å². The normalized spacial score (nSPS) is 9.81. The summed E-state index contributed by atoms with van der Waals surface area (Å²) in [4.78, 5) is 10.3. The smallest absolute Gasteiger partial charge is 0.907 e. The van der Waals surface area contributed by atoms with Crippen molar-refractivity contribution in [3.8, 4) is 0 Å². The van der Waals surface area contributed by atoms with E-state index in [1.165, 1.54) is 0 Å². The van der Waals surface area contributed by atoms with Gasteiger partial charge in [0.15, 0.2) is 0 Å². The van der Waals surface area contributed by atoms with Gasteiger partial charge in [-0.15, -0.1) is 0 Å². The number of carboxylic acids is 1. The molecule has 0 bridgehead atoms. The Hall–Kier alpha value is 0.428. The molecular formula is C8H15BCo2O5. The van der Waals surface area contributed by atoms with Crippen molar-refractivity contribution in [1.82, 2.24) is 0 Å². The van der Waals surface area contributed by atoms with Crippen LogP contribution in [0.2, 0.25) is 0 Å². The van der Waals surface area contributed by atoms with E-state index in [-0.39, 0.29) is 39.5 Å². The fourth-order valence-corrected chi connectivity index (χ4v) is 0.939. The Kier molecular flexibility index (Phi) is 28.2. The van der Waals surface area contributed by atoms with Gasteiger partial charge in [-0.05, 0) is 18.8 Å². The topological polar surface area (TPSA) is 109 Å². The predicted octanol–water partition coefficient (Wildman–Crippen LogP) is -3.00. The second-order valence-corrected chi connectivity index (χ2v) is 2.86. The van der Waals surface area contributed by atoms with Gasteiger partial charge in [0.05, 0.1) is 0 Å². The van der Waals surface area contributed by atoms with E-state index in [2.05, 4.69) is 6.92 Å². The number of hydrogen-bond acceptors (Lipinski definition) is 5. The summed E-state index contributed by atoms with van der Waals surface area (Å²) in [5.41, 5.74) is 0. The van der Waals surface area contributed by atoms with Gasteiger partial charge in [0.1, 0.15) is 0 Å². The third-order valence-corrected chi connectivity index (χ3v) is 1.73. The molecule has 0 saturated heterocycles. The molecule has 5 nitrogen and oxygen atoms in total. The number of hydrogen-bond donors (Lipinski definition) is 0. The molecule has 0 fully saturated rings. The van der Waals surface area contributed by atoms with Gasteiger partial charge >= 0.3 is 33.6 Å². The first kappa shape index (κ1) is 25.3. The summed E-state index contributed by atoms with van der Waals surface area (Å²) in [5.74, 6) is -1.11. The molecule has 0 rings (SSSR count). The second kappa shape index (κ2) is 17.8. The third kappa shape index (κ3) is 23.9. The largest absolute Gasteiger partial charge is 2.00 e. The summed E-state index contributed by atoms with van der Waals surface area (Å²) in [6.45, 7) is 3.94. The average molecular weight is 320 g/mol. The summed E-state index contributed by atoms with van der Waals surface area (Å²) < 4.78 is 0. The molecule has 0 N–H and O–H groups in total. The van der Waals surface area contributed by atoms with Crippen LogP contribution in [0, 0.1) is 5.92 Å². The fraction of sp³-hybridized carbons (Fsp3) is 0.875. The van der Waals surface area contributed by atoms with Crippen LogP contribution in [0.4, 0.5) is 0 Å². The maximum Gasteiger partial charge on any atom is 2.00 e. The maximum absolute atomic E-state index is 10.3. The maximum atomic E-state index is 10.3. The van der Waals surface area contributed by atoms with E-state index in [9.17, 15) is 9.90 Å². The van der Waals surface area contributed by atoms with E-state index in [1.54, 1.807) is 0 Å². The fourth-order valence-electron chi connectivity index (χ4n) is 0.939. The molecule has 0 aromatic carbocycles. The molecule has 0 spiro atoms. The molecule has 0 aromatic heterocycles. The van der Waals surface area contributed by atoms with Crippen molar-refractivity contribution in [3.63, 3.8) is 0 Å². The van der Waals surface area contributed by atoms with Crippen LogP contribution in [-0.2, 0) is 38.4 Å². The van der Waals surface area contributed by atoms with Crippen molar-refractivity contribution >= 4 is 13.3 Å². The number of aliphatic carboxylic acids is 1. The number of rotatable bonds is 5. The molecule has 0 aromatic rings. The summed E-state index contributed by atoms with van der Waals surface area (Å²) in [6.07, 6.45) is 3.52. The third-order valence-electron chi connectivity index (χ3n) is 1.73. The molecule has 0 aliphatic carbocycles. The molecule has 16 heavy (non-hydrogen) atoms. The van der Waals surface area contributed by atoms with Crippen molar-refractivity contribution < 1.29 is 58.5 Å². The van der Waals surface area contributed by atoms with Crippen LogP contribution in [0.15, 0.2) is 0 Å². The van der Waals surface area contributed by atoms with E-state index in [4.69, 9.17) is 15.1 Å². The van der Waals surface area contributed by atoms with Crippen LogP contribution in [0.25, 0.3) is 0 Å². The molecule has 0 aliphatic heterocycles. The molecular weight excluding hydrogens is 305 g/mol. The Bertz CT molecular complexity index is 146. The van der Waals surface area contributed by atoms with Crippen LogP contribution < -0.4 is 20.2 Å². The number of carboxylic acid groups (broad SMARTS) is 1. The van der Waals surface area contributed by atoms with E-state index in [0.29, 0.717) is 6.42 Å². The molecule has 0 amide bonds. The number of carbonyl (C=O) groups excluding carboxylic acids is 1. The van der Waals surface area contributed by atoms with Crippen molar-refractivity contribution in [2.75, 3.05) is 0 Å². The summed E-state index contributed by atoms with van der Waals surface area (Å²) in [7, 11) is -2.92. The van der Waals surface area contributed by atoms with Crippen molar-refractivity contribution in [2.24, 2.45) is 5.92 Å². The Morgan fingerprint density at radius 3 is 1.75 bits per heavy atom. The second-order valence-electron chi connectivity index (χ2n) is 2.86. The average Bonchev–Trinajstić information content (AvgIpc) is 2.04. The molecule has 0 heterocycles. The van der Waals surface area contributed by atoms with Crippen LogP contribution in [0.1, 0.15) is 39.5 Å². The van der Waals surface area contributed by atoms with E-state index in [0.717, 1.165) is 19.3 Å². The van der Waals surface area contributed by atoms with Crippen molar-refractivity contribution in [2.45, 2.75) is 39.5 Å². The minimum atomic E-state index is -2.92. The zero-order valence-electron chi connectivity index (χ0n) is 9.19. The SMILES string of the molecule is CCCCC(CC)C(=O)[O-].[Co+2].[Co+2].[O-]B([O-])[O-]. The number of unbranched alkanes of at least 4 members (excludes halogenated alkanes) is 1. The van der Waals surface area contributed by atoms with E-state index >= 15 is 0 Å². The monoisotopic (exact) mass is 320 g/mol. The standard InChI is InChI=1S/C8H16O2.BO3.2Co/c1-3-5-6-7(4-2)8(9)10;2-1(3)4;;/h7H,3-6H2,1-2H3,(H,9,10);;;/q;-3;2*+2/p-1. The van der Waals surface area contributed by atoms with Crippen molar-refractivity contribution in [3.05, 3.63) is 0 Å². The van der Waals surface area contributed by atoms with Crippen molar-refractivity contribution in [1.29, 1.82) is 0 Å². The van der Waals surface area contributed by atoms with E-state index in [1.807, 2.05) is 6.92 Å². The van der Waals surface area contributed by atoms with Gasteiger partial charge in [-0.2, -0.15) is 0 Å². The van der Waals surface area contributed by atoms with Gasteiger partial charge in [-0.1, -0.05) is 26.7 Å². The van der Waals surface area contributed by atoms with Gasteiger partial charge in [-0.3, -0.25) is 7.32 Å². The zero-order chi connectivity index (χ0) is 11.6. The minimum Gasteiger partial charge on any atom is -0.907 e. The molecule has 0 saturated carbocycles. The van der Waals surface area contributed by atoms with Crippen LogP contribution >= 0.6 is 0 Å². The van der Waals surface area contributed by atoms with Gasteiger partial charge < -0.3 is 25.0 Å². The molecule has 1 unspecified atom stereocenters. The summed E-state index contributed by atoms with van der Waals surface area (Å²) in [5, 5.41) is 35.6. The quantitative estimate of drug-likeness (QED) is 0.502.